The van der Waals surface area contributed by atoms with E-state index in [4.69, 9.17) is 4.98 Å². The number of hydrogen-bond donors (Lipinski definition) is 1. The number of likely N-dealkylation sites (tertiary alicyclic amines) is 1. The van der Waals surface area contributed by atoms with Gasteiger partial charge in [0.1, 0.15) is 5.82 Å². The van der Waals surface area contributed by atoms with Crippen LogP contribution in [0.2, 0.25) is 0 Å². The summed E-state index contributed by atoms with van der Waals surface area (Å²) in [4.78, 5) is 13.8. The minimum atomic E-state index is 0.582. The van der Waals surface area contributed by atoms with Crippen LogP contribution in [0.15, 0.2) is 6.20 Å². The Balaban J connectivity index is 2.09. The molecule has 0 aliphatic carbocycles. The number of rotatable bonds is 5. The summed E-state index contributed by atoms with van der Waals surface area (Å²) in [5.74, 6) is 1.81. The van der Waals surface area contributed by atoms with Crippen LogP contribution >= 0.6 is 0 Å². The van der Waals surface area contributed by atoms with Crippen LogP contribution in [0, 0.1) is 6.92 Å². The number of aromatic nitrogens is 2. The van der Waals surface area contributed by atoms with Gasteiger partial charge in [0.15, 0.2) is 0 Å². The average Bonchev–Trinajstić information content (AvgIpc) is 2.46. The van der Waals surface area contributed by atoms with Crippen molar-refractivity contribution in [3.63, 3.8) is 0 Å². The highest BCUT2D eigenvalue weighted by Crippen LogP contribution is 2.23. The predicted octanol–water partition coefficient (Wildman–Crippen LogP) is 2.14. The standard InChI is InChI=1S/C15H27N5/c1-5-8-16-15-17-11-12(2)14(18-15)20(4)13-6-9-19(3)10-7-13/h11,13H,5-10H2,1-4H3,(H,16,17,18). The first-order valence-corrected chi connectivity index (χ1v) is 7.60. The van der Waals surface area contributed by atoms with Crippen LogP contribution in [0.3, 0.4) is 0 Å². The fourth-order valence-corrected chi connectivity index (χ4v) is 2.67. The maximum Gasteiger partial charge on any atom is 0.224 e. The molecule has 1 aromatic heterocycles. The maximum atomic E-state index is 4.69. The van der Waals surface area contributed by atoms with E-state index in [9.17, 15) is 0 Å². The summed E-state index contributed by atoms with van der Waals surface area (Å²) in [6, 6.07) is 0.582. The summed E-state index contributed by atoms with van der Waals surface area (Å²) < 4.78 is 0. The summed E-state index contributed by atoms with van der Waals surface area (Å²) in [5, 5.41) is 3.27. The normalized spacial score (nSPS) is 17.2. The zero-order valence-electron chi connectivity index (χ0n) is 13.2. The Bertz CT molecular complexity index is 426. The van der Waals surface area contributed by atoms with Gasteiger partial charge in [-0.15, -0.1) is 0 Å². The van der Waals surface area contributed by atoms with Gasteiger partial charge in [0.25, 0.3) is 0 Å². The van der Waals surface area contributed by atoms with Gasteiger partial charge in [-0.2, -0.15) is 4.98 Å². The van der Waals surface area contributed by atoms with Gasteiger partial charge >= 0.3 is 0 Å². The van der Waals surface area contributed by atoms with Gasteiger partial charge in [0.05, 0.1) is 0 Å². The molecule has 1 N–H and O–H groups in total. The van der Waals surface area contributed by atoms with Crippen molar-refractivity contribution < 1.29 is 0 Å². The molecule has 1 aliphatic rings. The van der Waals surface area contributed by atoms with Crippen molar-refractivity contribution in [2.75, 3.05) is 43.9 Å². The molecule has 1 saturated heterocycles. The van der Waals surface area contributed by atoms with Crippen molar-refractivity contribution in [2.45, 2.75) is 39.2 Å². The van der Waals surface area contributed by atoms with Crippen LogP contribution in [0.4, 0.5) is 11.8 Å². The highest BCUT2D eigenvalue weighted by atomic mass is 15.2. The molecule has 0 atom stereocenters. The van der Waals surface area contributed by atoms with E-state index in [1.54, 1.807) is 0 Å². The highest BCUT2D eigenvalue weighted by Gasteiger charge is 2.22. The SMILES string of the molecule is CCCNc1ncc(C)c(N(C)C2CCN(C)CC2)n1. The maximum absolute atomic E-state index is 4.69. The molecule has 0 amide bonds. The van der Waals surface area contributed by atoms with Crippen LogP contribution in [0.25, 0.3) is 0 Å². The molecule has 0 radical (unpaired) electrons. The Hall–Kier alpha value is -1.36. The first kappa shape index (κ1) is 15.0. The smallest absolute Gasteiger partial charge is 0.224 e. The highest BCUT2D eigenvalue weighted by molar-refractivity contribution is 5.49. The van der Waals surface area contributed by atoms with Crippen LogP contribution in [-0.2, 0) is 0 Å². The second-order valence-corrected chi connectivity index (χ2v) is 5.77. The largest absolute Gasteiger partial charge is 0.356 e. The van der Waals surface area contributed by atoms with Crippen molar-refractivity contribution in [3.05, 3.63) is 11.8 Å². The van der Waals surface area contributed by atoms with Crippen molar-refractivity contribution in [1.82, 2.24) is 14.9 Å². The van der Waals surface area contributed by atoms with Gasteiger partial charge in [-0.3, -0.25) is 0 Å². The summed E-state index contributed by atoms with van der Waals surface area (Å²) in [5.41, 5.74) is 1.15. The summed E-state index contributed by atoms with van der Waals surface area (Å²) in [7, 11) is 4.36. The first-order chi connectivity index (χ1) is 9.61. The molecule has 1 fully saturated rings. The molecule has 0 spiro atoms. The molecule has 5 heteroatoms. The Labute approximate surface area is 122 Å². The number of nitrogens with one attached hydrogen (secondary N) is 1. The molecular weight excluding hydrogens is 250 g/mol. The van der Waals surface area contributed by atoms with Crippen LogP contribution < -0.4 is 10.2 Å². The Morgan fingerprint density at radius 2 is 2.10 bits per heavy atom. The zero-order chi connectivity index (χ0) is 14.5. The van der Waals surface area contributed by atoms with Crippen molar-refractivity contribution in [2.24, 2.45) is 0 Å². The summed E-state index contributed by atoms with van der Waals surface area (Å²) in [6.45, 7) is 7.48. The Morgan fingerprint density at radius 1 is 1.40 bits per heavy atom. The van der Waals surface area contributed by atoms with Crippen LogP contribution in [0.1, 0.15) is 31.7 Å². The minimum absolute atomic E-state index is 0.582. The van der Waals surface area contributed by atoms with Crippen LogP contribution in [-0.4, -0.2) is 54.6 Å². The van der Waals surface area contributed by atoms with Crippen LogP contribution in [0.5, 0.6) is 0 Å². The molecule has 1 aromatic rings. The lowest BCUT2D eigenvalue weighted by atomic mass is 10.0. The average molecular weight is 277 g/mol. The summed E-state index contributed by atoms with van der Waals surface area (Å²) >= 11 is 0. The van der Waals surface area contributed by atoms with E-state index in [0.29, 0.717) is 6.04 Å². The van der Waals surface area contributed by atoms with E-state index >= 15 is 0 Å². The van der Waals surface area contributed by atoms with Crippen molar-refractivity contribution in [3.8, 4) is 0 Å². The number of anilines is 2. The molecule has 0 aromatic carbocycles. The third-order valence-corrected chi connectivity index (χ3v) is 4.05. The third-order valence-electron chi connectivity index (χ3n) is 4.05. The van der Waals surface area contributed by atoms with Gasteiger partial charge in [-0.1, -0.05) is 6.92 Å². The van der Waals surface area contributed by atoms with Gasteiger partial charge in [-0.05, 0) is 46.3 Å². The quantitative estimate of drug-likeness (QED) is 0.893. The molecule has 1 aliphatic heterocycles. The zero-order valence-corrected chi connectivity index (χ0v) is 13.2. The fourth-order valence-electron chi connectivity index (χ4n) is 2.67. The first-order valence-electron chi connectivity index (χ1n) is 7.60. The molecule has 2 rings (SSSR count). The Kier molecular flexibility index (Phi) is 5.17. The predicted molar refractivity (Wildman–Crippen MR) is 84.5 cm³/mol. The third kappa shape index (κ3) is 3.60. The topological polar surface area (TPSA) is 44.3 Å². The van der Waals surface area contributed by atoms with E-state index in [0.717, 1.165) is 30.3 Å². The summed E-state index contributed by atoms with van der Waals surface area (Å²) in [6.07, 6.45) is 5.41. The molecular formula is C15H27N5. The number of nitrogens with zero attached hydrogens (tertiary/aromatic N) is 4. The molecule has 0 saturated carbocycles. The minimum Gasteiger partial charge on any atom is -0.356 e. The molecule has 2 heterocycles. The van der Waals surface area contributed by atoms with E-state index in [1.165, 1.54) is 25.9 Å². The van der Waals surface area contributed by atoms with Crippen molar-refractivity contribution in [1.29, 1.82) is 0 Å². The second-order valence-electron chi connectivity index (χ2n) is 5.77. The number of aryl methyl sites for hydroxylation is 1. The van der Waals surface area contributed by atoms with E-state index in [2.05, 4.69) is 48.0 Å². The van der Waals surface area contributed by atoms with E-state index < -0.39 is 0 Å². The number of piperidine rings is 1. The van der Waals surface area contributed by atoms with Crippen molar-refractivity contribution >= 4 is 11.8 Å². The van der Waals surface area contributed by atoms with E-state index in [-0.39, 0.29) is 0 Å². The van der Waals surface area contributed by atoms with E-state index in [1.807, 2.05) is 6.20 Å². The lowest BCUT2D eigenvalue weighted by Gasteiger charge is -2.36. The molecule has 20 heavy (non-hydrogen) atoms. The molecule has 112 valence electrons. The Morgan fingerprint density at radius 3 is 2.75 bits per heavy atom. The monoisotopic (exact) mass is 277 g/mol. The fraction of sp³-hybridized carbons (Fsp3) is 0.733. The second kappa shape index (κ2) is 6.88. The van der Waals surface area contributed by atoms with Gasteiger partial charge in [-0.25, -0.2) is 4.98 Å². The molecule has 0 unspecified atom stereocenters. The number of hydrogen-bond acceptors (Lipinski definition) is 5. The molecule has 5 nitrogen and oxygen atoms in total. The van der Waals surface area contributed by atoms with Gasteiger partial charge in [0.2, 0.25) is 5.95 Å². The molecule has 0 bridgehead atoms. The van der Waals surface area contributed by atoms with Gasteiger partial charge < -0.3 is 15.1 Å². The lowest BCUT2D eigenvalue weighted by Crippen LogP contribution is -2.42. The van der Waals surface area contributed by atoms with Gasteiger partial charge in [0, 0.05) is 31.4 Å². The lowest BCUT2D eigenvalue weighted by molar-refractivity contribution is 0.252.